The van der Waals surface area contributed by atoms with Crippen LogP contribution in [0, 0.1) is 6.92 Å². The van der Waals surface area contributed by atoms with Crippen LogP contribution in [0.25, 0.3) is 10.2 Å². The Labute approximate surface area is 91.7 Å². The third-order valence-corrected chi connectivity index (χ3v) is 2.96. The summed E-state index contributed by atoms with van der Waals surface area (Å²) in [5.41, 5.74) is 1.30. The molecule has 0 saturated heterocycles. The van der Waals surface area contributed by atoms with Crippen molar-refractivity contribution in [2.75, 3.05) is 6.61 Å². The number of aryl methyl sites for hydroxylation is 1. The number of para-hydroxylation sites is 1. The summed E-state index contributed by atoms with van der Waals surface area (Å²) in [6, 6.07) is 5.56. The number of rotatable bonds is 2. The van der Waals surface area contributed by atoms with Crippen molar-refractivity contribution in [3.8, 4) is 0 Å². The van der Waals surface area contributed by atoms with Crippen LogP contribution >= 0.6 is 11.3 Å². The second-order valence-electron chi connectivity index (χ2n) is 3.11. The summed E-state index contributed by atoms with van der Waals surface area (Å²) in [5, 5.41) is 0.960. The molecule has 4 heteroatoms. The molecule has 1 aromatic carbocycles. The smallest absolute Gasteiger partial charge is 0.340 e. The second kappa shape index (κ2) is 3.98. The van der Waals surface area contributed by atoms with Crippen LogP contribution in [-0.2, 0) is 4.74 Å². The zero-order chi connectivity index (χ0) is 10.8. The number of fused-ring (bicyclic) bond motifs is 1. The Morgan fingerprint density at radius 2 is 2.33 bits per heavy atom. The van der Waals surface area contributed by atoms with Gasteiger partial charge in [-0.1, -0.05) is 6.07 Å². The van der Waals surface area contributed by atoms with Gasteiger partial charge in [-0.05, 0) is 26.0 Å². The van der Waals surface area contributed by atoms with Crippen LogP contribution in [0.1, 0.15) is 22.3 Å². The van der Waals surface area contributed by atoms with Crippen LogP contribution in [0.15, 0.2) is 18.2 Å². The van der Waals surface area contributed by atoms with Crippen molar-refractivity contribution < 1.29 is 9.53 Å². The standard InChI is InChI=1S/C11H11NO2S/c1-3-14-11(13)8-5-4-6-9-10(8)12-7(2)15-9/h4-6H,3H2,1-2H3. The normalized spacial score (nSPS) is 10.5. The average molecular weight is 221 g/mol. The summed E-state index contributed by atoms with van der Waals surface area (Å²) < 4.78 is 6.00. The van der Waals surface area contributed by atoms with Gasteiger partial charge in [-0.3, -0.25) is 0 Å². The molecule has 0 atom stereocenters. The monoisotopic (exact) mass is 221 g/mol. The minimum Gasteiger partial charge on any atom is -0.462 e. The largest absolute Gasteiger partial charge is 0.462 e. The van der Waals surface area contributed by atoms with Crippen LogP contribution in [-0.4, -0.2) is 17.6 Å². The molecule has 2 aromatic rings. The van der Waals surface area contributed by atoms with Gasteiger partial charge in [0.2, 0.25) is 0 Å². The number of hydrogen-bond donors (Lipinski definition) is 0. The van der Waals surface area contributed by atoms with E-state index < -0.39 is 0 Å². The second-order valence-corrected chi connectivity index (χ2v) is 4.34. The molecule has 78 valence electrons. The fraction of sp³-hybridized carbons (Fsp3) is 0.273. The lowest BCUT2D eigenvalue weighted by molar-refractivity contribution is 0.0528. The number of thiazole rings is 1. The predicted molar refractivity (Wildman–Crippen MR) is 60.3 cm³/mol. The molecule has 1 heterocycles. The Balaban J connectivity index is 2.55. The highest BCUT2D eigenvalue weighted by Gasteiger charge is 2.13. The summed E-state index contributed by atoms with van der Waals surface area (Å²) in [6.07, 6.45) is 0. The first kappa shape index (κ1) is 10.1. The molecule has 0 aliphatic heterocycles. The molecule has 0 fully saturated rings. The van der Waals surface area contributed by atoms with Crippen molar-refractivity contribution >= 4 is 27.5 Å². The van der Waals surface area contributed by atoms with E-state index in [0.29, 0.717) is 12.2 Å². The Morgan fingerprint density at radius 1 is 1.53 bits per heavy atom. The fourth-order valence-corrected chi connectivity index (χ4v) is 2.29. The molecule has 3 nitrogen and oxygen atoms in total. The van der Waals surface area contributed by atoms with Gasteiger partial charge in [-0.15, -0.1) is 11.3 Å². The number of ether oxygens (including phenoxy) is 1. The van der Waals surface area contributed by atoms with Gasteiger partial charge in [0, 0.05) is 0 Å². The predicted octanol–water partition coefficient (Wildman–Crippen LogP) is 2.78. The molecule has 2 rings (SSSR count). The van der Waals surface area contributed by atoms with E-state index in [1.807, 2.05) is 19.1 Å². The minimum atomic E-state index is -0.298. The van der Waals surface area contributed by atoms with Crippen molar-refractivity contribution in [2.45, 2.75) is 13.8 Å². The lowest BCUT2D eigenvalue weighted by Gasteiger charge is -2.01. The van der Waals surface area contributed by atoms with E-state index >= 15 is 0 Å². The number of nitrogens with zero attached hydrogens (tertiary/aromatic N) is 1. The molecular formula is C11H11NO2S. The topological polar surface area (TPSA) is 39.2 Å². The fourth-order valence-electron chi connectivity index (χ4n) is 1.43. The number of carbonyl (C=O) groups is 1. The minimum absolute atomic E-state index is 0.298. The van der Waals surface area contributed by atoms with Crippen LogP contribution in [0.3, 0.4) is 0 Å². The lowest BCUT2D eigenvalue weighted by atomic mass is 10.2. The summed E-state index contributed by atoms with van der Waals surface area (Å²) >= 11 is 1.58. The van der Waals surface area contributed by atoms with E-state index in [9.17, 15) is 4.79 Å². The maximum Gasteiger partial charge on any atom is 0.340 e. The molecule has 0 amide bonds. The van der Waals surface area contributed by atoms with Gasteiger partial charge >= 0.3 is 5.97 Å². The van der Waals surface area contributed by atoms with E-state index in [2.05, 4.69) is 4.98 Å². The van der Waals surface area contributed by atoms with E-state index in [1.165, 1.54) is 0 Å². The van der Waals surface area contributed by atoms with Gasteiger partial charge in [0.15, 0.2) is 0 Å². The number of esters is 1. The van der Waals surface area contributed by atoms with Gasteiger partial charge in [-0.2, -0.15) is 0 Å². The van der Waals surface area contributed by atoms with Crippen molar-refractivity contribution in [3.63, 3.8) is 0 Å². The third-order valence-electron chi connectivity index (χ3n) is 2.02. The molecular weight excluding hydrogens is 210 g/mol. The average Bonchev–Trinajstić information content (AvgIpc) is 2.57. The van der Waals surface area contributed by atoms with Crippen LogP contribution in [0.2, 0.25) is 0 Å². The van der Waals surface area contributed by atoms with Gasteiger partial charge in [-0.25, -0.2) is 9.78 Å². The number of hydrogen-bond acceptors (Lipinski definition) is 4. The van der Waals surface area contributed by atoms with Gasteiger partial charge in [0.25, 0.3) is 0 Å². The van der Waals surface area contributed by atoms with E-state index in [1.54, 1.807) is 24.3 Å². The Bertz CT molecular complexity index is 504. The maximum atomic E-state index is 11.6. The molecule has 0 unspecified atom stereocenters. The highest BCUT2D eigenvalue weighted by atomic mass is 32.1. The molecule has 1 aromatic heterocycles. The summed E-state index contributed by atoms with van der Waals surface area (Å²) in [7, 11) is 0. The lowest BCUT2D eigenvalue weighted by Crippen LogP contribution is -2.05. The molecule has 0 saturated carbocycles. The Morgan fingerprint density at radius 3 is 3.07 bits per heavy atom. The summed E-state index contributed by atoms with van der Waals surface area (Å²) in [6.45, 7) is 4.11. The van der Waals surface area contributed by atoms with E-state index in [-0.39, 0.29) is 5.97 Å². The van der Waals surface area contributed by atoms with Gasteiger partial charge < -0.3 is 4.74 Å². The van der Waals surface area contributed by atoms with Gasteiger partial charge in [0.1, 0.15) is 0 Å². The quantitative estimate of drug-likeness (QED) is 0.732. The summed E-state index contributed by atoms with van der Waals surface area (Å²) in [5.74, 6) is -0.298. The summed E-state index contributed by atoms with van der Waals surface area (Å²) in [4.78, 5) is 15.9. The van der Waals surface area contributed by atoms with Crippen molar-refractivity contribution in [2.24, 2.45) is 0 Å². The maximum absolute atomic E-state index is 11.6. The first-order valence-electron chi connectivity index (χ1n) is 4.75. The molecule has 0 spiro atoms. The van der Waals surface area contributed by atoms with Crippen LogP contribution in [0.5, 0.6) is 0 Å². The van der Waals surface area contributed by atoms with Crippen molar-refractivity contribution in [3.05, 3.63) is 28.8 Å². The molecule has 0 bridgehead atoms. The number of carbonyl (C=O) groups excluding carboxylic acids is 1. The Kier molecular flexibility index (Phi) is 2.68. The highest BCUT2D eigenvalue weighted by Crippen LogP contribution is 2.24. The molecule has 0 N–H and O–H groups in total. The van der Waals surface area contributed by atoms with E-state index in [4.69, 9.17) is 4.74 Å². The van der Waals surface area contributed by atoms with Crippen molar-refractivity contribution in [1.82, 2.24) is 4.98 Å². The Hall–Kier alpha value is -1.42. The molecule has 0 radical (unpaired) electrons. The van der Waals surface area contributed by atoms with Crippen LogP contribution < -0.4 is 0 Å². The SMILES string of the molecule is CCOC(=O)c1cccc2sc(C)nc12. The number of benzene rings is 1. The van der Waals surface area contributed by atoms with Crippen molar-refractivity contribution in [1.29, 1.82) is 0 Å². The highest BCUT2D eigenvalue weighted by molar-refractivity contribution is 7.18. The number of aromatic nitrogens is 1. The molecule has 0 aliphatic carbocycles. The molecule has 0 aliphatic rings. The van der Waals surface area contributed by atoms with Crippen LogP contribution in [0.4, 0.5) is 0 Å². The van der Waals surface area contributed by atoms with E-state index in [0.717, 1.165) is 15.2 Å². The first-order valence-corrected chi connectivity index (χ1v) is 5.57. The third kappa shape index (κ3) is 1.85. The van der Waals surface area contributed by atoms with Gasteiger partial charge in [0.05, 0.1) is 27.4 Å². The zero-order valence-electron chi connectivity index (χ0n) is 8.61. The zero-order valence-corrected chi connectivity index (χ0v) is 9.43. The molecule has 15 heavy (non-hydrogen) atoms. The first-order chi connectivity index (χ1) is 7.22.